The zero-order chi connectivity index (χ0) is 12.6. The summed E-state index contributed by atoms with van der Waals surface area (Å²) in [6, 6.07) is 2.46. The van der Waals surface area contributed by atoms with E-state index < -0.39 is 5.97 Å². The van der Waals surface area contributed by atoms with Crippen LogP contribution in [0.5, 0.6) is 0 Å². The lowest BCUT2D eigenvalue weighted by Gasteiger charge is -2.14. The molecule has 3 nitrogen and oxygen atoms in total. The largest absolute Gasteiger partial charge is 0.478 e. The first kappa shape index (κ1) is 10.7. The van der Waals surface area contributed by atoms with Crippen molar-refractivity contribution in [1.29, 1.82) is 0 Å². The lowest BCUT2D eigenvalue weighted by atomic mass is 10.0. The van der Waals surface area contributed by atoms with Gasteiger partial charge in [-0.3, -0.25) is 0 Å². The molecule has 3 fully saturated rings. The molecule has 1 heterocycles. The summed E-state index contributed by atoms with van der Waals surface area (Å²) in [4.78, 5) is 11.2. The molecule has 2 bridgehead atoms. The van der Waals surface area contributed by atoms with Crippen molar-refractivity contribution in [2.75, 3.05) is 0 Å². The summed E-state index contributed by atoms with van der Waals surface area (Å²) in [5.74, 6) is 2.78. The van der Waals surface area contributed by atoms with Crippen molar-refractivity contribution < 1.29 is 9.90 Å². The van der Waals surface area contributed by atoms with Gasteiger partial charge in [-0.1, -0.05) is 0 Å². The van der Waals surface area contributed by atoms with Crippen molar-refractivity contribution in [2.45, 2.75) is 39.2 Å². The molecule has 0 spiro atoms. The van der Waals surface area contributed by atoms with E-state index in [1.807, 2.05) is 13.0 Å². The van der Waals surface area contributed by atoms with Crippen molar-refractivity contribution in [3.05, 3.63) is 23.0 Å². The molecule has 18 heavy (non-hydrogen) atoms. The number of aromatic carboxylic acids is 1. The Bertz CT molecular complexity index is 529. The minimum absolute atomic E-state index is 0.491. The van der Waals surface area contributed by atoms with Crippen molar-refractivity contribution in [3.8, 4) is 0 Å². The fraction of sp³-hybridized carbons (Fsp3) is 0.667. The predicted molar refractivity (Wildman–Crippen MR) is 67.7 cm³/mol. The summed E-state index contributed by atoms with van der Waals surface area (Å²) >= 11 is 0. The quantitative estimate of drug-likeness (QED) is 0.870. The first-order valence-corrected chi connectivity index (χ1v) is 7.01. The van der Waals surface area contributed by atoms with Gasteiger partial charge in [0.05, 0.1) is 5.56 Å². The zero-order valence-corrected chi connectivity index (χ0v) is 10.9. The Balaban J connectivity index is 1.73. The molecule has 3 aliphatic carbocycles. The summed E-state index contributed by atoms with van der Waals surface area (Å²) in [6.45, 7) is 4.02. The molecule has 0 aliphatic heterocycles. The van der Waals surface area contributed by atoms with Crippen LogP contribution in [-0.4, -0.2) is 15.6 Å². The van der Waals surface area contributed by atoms with Gasteiger partial charge in [-0.05, 0) is 62.8 Å². The van der Waals surface area contributed by atoms with Gasteiger partial charge < -0.3 is 9.67 Å². The molecule has 3 aliphatic rings. The molecular formula is C15H19NO2. The molecule has 1 aromatic rings. The lowest BCUT2D eigenvalue weighted by Crippen LogP contribution is -2.09. The van der Waals surface area contributed by atoms with Gasteiger partial charge in [-0.25, -0.2) is 4.79 Å². The van der Waals surface area contributed by atoms with Gasteiger partial charge in [-0.15, -0.1) is 0 Å². The highest BCUT2D eigenvalue weighted by atomic mass is 16.4. The average molecular weight is 245 g/mol. The van der Waals surface area contributed by atoms with E-state index in [-0.39, 0.29) is 0 Å². The van der Waals surface area contributed by atoms with Gasteiger partial charge in [0.2, 0.25) is 0 Å². The Labute approximate surface area is 107 Å². The van der Waals surface area contributed by atoms with Crippen LogP contribution in [0.1, 0.15) is 47.1 Å². The smallest absolute Gasteiger partial charge is 0.337 e. The highest BCUT2D eigenvalue weighted by Gasteiger charge is 2.66. The second kappa shape index (κ2) is 3.19. The number of aryl methyl sites for hydroxylation is 1. The molecular weight excluding hydrogens is 226 g/mol. The fourth-order valence-electron chi connectivity index (χ4n) is 5.08. The number of rotatable bonds is 2. The number of carboxylic acid groups (broad SMARTS) is 1. The van der Waals surface area contributed by atoms with Gasteiger partial charge in [0.25, 0.3) is 0 Å². The second-order valence-electron chi connectivity index (χ2n) is 6.44. The molecule has 4 rings (SSSR count). The van der Waals surface area contributed by atoms with E-state index in [4.69, 9.17) is 0 Å². The molecule has 1 N–H and O–H groups in total. The normalized spacial score (nSPS) is 40.0. The van der Waals surface area contributed by atoms with Crippen molar-refractivity contribution in [1.82, 2.24) is 4.57 Å². The summed E-state index contributed by atoms with van der Waals surface area (Å²) in [5, 5.41) is 9.21. The third kappa shape index (κ3) is 1.13. The third-order valence-electron chi connectivity index (χ3n) is 5.71. The van der Waals surface area contributed by atoms with E-state index in [1.165, 1.54) is 19.3 Å². The summed E-state index contributed by atoms with van der Waals surface area (Å²) in [5.41, 5.74) is 2.58. The fourth-order valence-corrected chi connectivity index (χ4v) is 5.08. The average Bonchev–Trinajstić information content (AvgIpc) is 2.68. The van der Waals surface area contributed by atoms with Crippen molar-refractivity contribution in [3.63, 3.8) is 0 Å². The molecule has 96 valence electrons. The molecule has 4 atom stereocenters. The summed E-state index contributed by atoms with van der Waals surface area (Å²) < 4.78 is 2.32. The number of fused-ring (bicyclic) bond motifs is 5. The van der Waals surface area contributed by atoms with Crippen molar-refractivity contribution in [2.24, 2.45) is 23.7 Å². The summed E-state index contributed by atoms with van der Waals surface area (Å²) in [6.07, 6.45) is 4.26. The van der Waals surface area contributed by atoms with Crippen LogP contribution in [0.2, 0.25) is 0 Å². The van der Waals surface area contributed by atoms with E-state index in [1.54, 1.807) is 0 Å². The monoisotopic (exact) mass is 245 g/mol. The van der Waals surface area contributed by atoms with Gasteiger partial charge >= 0.3 is 5.97 Å². The van der Waals surface area contributed by atoms with Crippen molar-refractivity contribution >= 4 is 5.97 Å². The van der Waals surface area contributed by atoms with Crippen LogP contribution >= 0.6 is 0 Å². The number of aromatic nitrogens is 1. The van der Waals surface area contributed by atoms with E-state index in [9.17, 15) is 9.90 Å². The van der Waals surface area contributed by atoms with Crippen LogP contribution < -0.4 is 0 Å². The molecule has 0 amide bonds. The Morgan fingerprint density at radius 2 is 1.89 bits per heavy atom. The van der Waals surface area contributed by atoms with Crippen LogP contribution in [-0.2, 0) is 0 Å². The first-order chi connectivity index (χ1) is 8.59. The summed E-state index contributed by atoms with van der Waals surface area (Å²) in [7, 11) is 0. The number of hydrogen-bond acceptors (Lipinski definition) is 1. The first-order valence-electron chi connectivity index (χ1n) is 7.01. The minimum atomic E-state index is -0.789. The van der Waals surface area contributed by atoms with Gasteiger partial charge in [0, 0.05) is 17.4 Å². The van der Waals surface area contributed by atoms with E-state index in [0.717, 1.165) is 35.1 Å². The third-order valence-corrected chi connectivity index (χ3v) is 5.71. The number of carbonyl (C=O) groups is 1. The Hall–Kier alpha value is -1.25. The molecule has 4 unspecified atom stereocenters. The van der Waals surface area contributed by atoms with E-state index >= 15 is 0 Å². The molecule has 3 saturated carbocycles. The SMILES string of the molecule is Cc1cc(C(=O)O)c(C)n1C1C2C3CCC(C3)C21. The van der Waals surface area contributed by atoms with Crippen LogP contribution in [0.3, 0.4) is 0 Å². The number of nitrogens with zero attached hydrogens (tertiary/aromatic N) is 1. The highest BCUT2D eigenvalue weighted by Crippen LogP contribution is 2.71. The highest BCUT2D eigenvalue weighted by molar-refractivity contribution is 5.89. The standard InChI is InChI=1S/C15H19NO2/c1-7-5-11(15(17)18)8(2)16(7)14-12-9-3-4-10(6-9)13(12)14/h5,9-10,12-14H,3-4,6H2,1-2H3,(H,17,18). The maximum Gasteiger partial charge on any atom is 0.337 e. The van der Waals surface area contributed by atoms with Crippen LogP contribution in [0.4, 0.5) is 0 Å². The van der Waals surface area contributed by atoms with E-state index in [0.29, 0.717) is 11.6 Å². The van der Waals surface area contributed by atoms with Crippen LogP contribution in [0.25, 0.3) is 0 Å². The van der Waals surface area contributed by atoms with E-state index in [2.05, 4.69) is 11.5 Å². The molecule has 3 heteroatoms. The zero-order valence-electron chi connectivity index (χ0n) is 10.9. The Morgan fingerprint density at radius 1 is 1.28 bits per heavy atom. The lowest BCUT2D eigenvalue weighted by molar-refractivity contribution is 0.0696. The van der Waals surface area contributed by atoms with Gasteiger partial charge in [0.1, 0.15) is 0 Å². The molecule has 0 radical (unpaired) electrons. The molecule has 0 saturated heterocycles. The number of hydrogen-bond donors (Lipinski definition) is 1. The molecule has 1 aromatic heterocycles. The van der Waals surface area contributed by atoms with Gasteiger partial charge in [-0.2, -0.15) is 0 Å². The van der Waals surface area contributed by atoms with Crippen LogP contribution in [0, 0.1) is 37.5 Å². The Kier molecular flexibility index (Phi) is 1.89. The topological polar surface area (TPSA) is 42.2 Å². The Morgan fingerprint density at radius 3 is 2.39 bits per heavy atom. The maximum absolute atomic E-state index is 11.2. The minimum Gasteiger partial charge on any atom is -0.478 e. The van der Waals surface area contributed by atoms with Crippen LogP contribution in [0.15, 0.2) is 6.07 Å². The number of carboxylic acids is 1. The molecule has 0 aromatic carbocycles. The van der Waals surface area contributed by atoms with Gasteiger partial charge in [0.15, 0.2) is 0 Å². The second-order valence-corrected chi connectivity index (χ2v) is 6.44. The maximum atomic E-state index is 11.2. The predicted octanol–water partition coefficient (Wildman–Crippen LogP) is 3.02.